The van der Waals surface area contributed by atoms with E-state index in [1.807, 2.05) is 6.92 Å². The van der Waals surface area contributed by atoms with Gasteiger partial charge in [0.1, 0.15) is 0 Å². The highest BCUT2D eigenvalue weighted by atomic mass is 16.5. The van der Waals surface area contributed by atoms with Gasteiger partial charge in [-0.05, 0) is 12.3 Å². The molecule has 0 aliphatic heterocycles. The van der Waals surface area contributed by atoms with Crippen molar-refractivity contribution >= 4 is 0 Å². The summed E-state index contributed by atoms with van der Waals surface area (Å²) < 4.78 is 10.0. The highest BCUT2D eigenvalue weighted by Gasteiger charge is 2.10. The third-order valence-electron chi connectivity index (χ3n) is 2.22. The molecule has 16 heavy (non-hydrogen) atoms. The van der Waals surface area contributed by atoms with E-state index in [2.05, 4.69) is 16.2 Å². The summed E-state index contributed by atoms with van der Waals surface area (Å²) in [7, 11) is 1.67. The summed E-state index contributed by atoms with van der Waals surface area (Å²) >= 11 is 0. The minimum atomic E-state index is 0.261. The van der Waals surface area contributed by atoms with Crippen LogP contribution in [0.3, 0.4) is 0 Å². The first-order valence-corrected chi connectivity index (χ1v) is 5.43. The summed E-state index contributed by atoms with van der Waals surface area (Å²) in [5.41, 5.74) is 0. The first-order chi connectivity index (χ1) is 7.76. The lowest BCUT2D eigenvalue weighted by atomic mass is 10.1. The summed E-state index contributed by atoms with van der Waals surface area (Å²) in [6.07, 6.45) is 2.85. The van der Waals surface area contributed by atoms with E-state index in [-0.39, 0.29) is 5.92 Å². The molecule has 5 nitrogen and oxygen atoms in total. The average molecular weight is 223 g/mol. The lowest BCUT2D eigenvalue weighted by Gasteiger charge is -2.00. The zero-order valence-corrected chi connectivity index (χ0v) is 9.77. The van der Waals surface area contributed by atoms with E-state index in [0.717, 1.165) is 18.7 Å². The van der Waals surface area contributed by atoms with Gasteiger partial charge in [-0.3, -0.25) is 0 Å². The Kier molecular flexibility index (Phi) is 5.51. The maximum absolute atomic E-state index is 8.53. The van der Waals surface area contributed by atoms with Gasteiger partial charge in [0, 0.05) is 33.0 Å². The molecule has 0 aromatic carbocycles. The van der Waals surface area contributed by atoms with Crippen LogP contribution in [-0.4, -0.2) is 23.9 Å². The van der Waals surface area contributed by atoms with E-state index in [1.165, 1.54) is 0 Å². The molecule has 0 radical (unpaired) electrons. The van der Waals surface area contributed by atoms with Crippen LogP contribution >= 0.6 is 0 Å². The van der Waals surface area contributed by atoms with Gasteiger partial charge in [-0.1, -0.05) is 12.1 Å². The second-order valence-electron chi connectivity index (χ2n) is 3.87. The van der Waals surface area contributed by atoms with Crippen molar-refractivity contribution in [1.82, 2.24) is 10.1 Å². The minimum Gasteiger partial charge on any atom is -0.385 e. The predicted molar refractivity (Wildman–Crippen MR) is 57.6 cm³/mol. The number of methoxy groups -OCH3 is 1. The molecular weight excluding hydrogens is 206 g/mol. The molecule has 1 atom stereocenters. The normalized spacial score (nSPS) is 12.3. The first-order valence-electron chi connectivity index (χ1n) is 5.43. The molecule has 0 saturated carbocycles. The zero-order valence-electron chi connectivity index (χ0n) is 9.77. The zero-order chi connectivity index (χ0) is 11.8. The molecule has 0 N–H and O–H groups in total. The van der Waals surface area contributed by atoms with Crippen LogP contribution in [0, 0.1) is 17.2 Å². The Bertz CT molecular complexity index is 343. The number of rotatable bonds is 7. The largest absolute Gasteiger partial charge is 0.385 e. The van der Waals surface area contributed by atoms with Crippen LogP contribution in [0.4, 0.5) is 0 Å². The summed E-state index contributed by atoms with van der Waals surface area (Å²) in [5, 5.41) is 12.4. The molecule has 0 fully saturated rings. The summed E-state index contributed by atoms with van der Waals surface area (Å²) in [6.45, 7) is 2.70. The molecular formula is C11H17N3O2. The van der Waals surface area contributed by atoms with Crippen LogP contribution in [-0.2, 0) is 17.6 Å². The summed E-state index contributed by atoms with van der Waals surface area (Å²) in [4.78, 5) is 4.26. The lowest BCUT2D eigenvalue weighted by Crippen LogP contribution is -1.99. The second kappa shape index (κ2) is 6.96. The molecule has 0 aliphatic carbocycles. The van der Waals surface area contributed by atoms with E-state index in [9.17, 15) is 0 Å². The molecule has 1 aromatic heterocycles. The number of aromatic nitrogens is 2. The SMILES string of the molecule is COCCCc1noc(CC(C)CC#N)n1. The lowest BCUT2D eigenvalue weighted by molar-refractivity contribution is 0.194. The fraction of sp³-hybridized carbons (Fsp3) is 0.727. The number of ether oxygens (including phenoxy) is 1. The van der Waals surface area contributed by atoms with Crippen molar-refractivity contribution in [2.45, 2.75) is 32.6 Å². The fourth-order valence-electron chi connectivity index (χ4n) is 1.38. The van der Waals surface area contributed by atoms with Crippen molar-refractivity contribution in [1.29, 1.82) is 5.26 Å². The molecule has 0 spiro atoms. The third kappa shape index (κ3) is 4.41. The van der Waals surface area contributed by atoms with Gasteiger partial charge < -0.3 is 9.26 Å². The number of nitrogens with zero attached hydrogens (tertiary/aromatic N) is 3. The average Bonchev–Trinajstić information content (AvgIpc) is 2.66. The van der Waals surface area contributed by atoms with Gasteiger partial charge in [-0.2, -0.15) is 10.2 Å². The van der Waals surface area contributed by atoms with Crippen molar-refractivity contribution in [3.05, 3.63) is 11.7 Å². The topological polar surface area (TPSA) is 71.9 Å². The molecule has 0 aliphatic rings. The van der Waals surface area contributed by atoms with Crippen molar-refractivity contribution in [2.75, 3.05) is 13.7 Å². The quantitative estimate of drug-likeness (QED) is 0.658. The van der Waals surface area contributed by atoms with Gasteiger partial charge >= 0.3 is 0 Å². The molecule has 0 saturated heterocycles. The van der Waals surface area contributed by atoms with Crippen molar-refractivity contribution in [2.24, 2.45) is 5.92 Å². The van der Waals surface area contributed by atoms with Crippen LogP contribution < -0.4 is 0 Å². The highest BCUT2D eigenvalue weighted by molar-refractivity contribution is 4.89. The standard InChI is InChI=1S/C11H17N3O2/c1-9(5-6-12)8-11-13-10(14-16-11)4-3-7-15-2/h9H,3-5,7-8H2,1-2H3. The Labute approximate surface area is 95.4 Å². The van der Waals surface area contributed by atoms with E-state index in [0.29, 0.717) is 25.3 Å². The monoisotopic (exact) mass is 223 g/mol. The minimum absolute atomic E-state index is 0.261. The van der Waals surface area contributed by atoms with Gasteiger partial charge in [0.15, 0.2) is 5.82 Å². The molecule has 1 rings (SSSR count). The summed E-state index contributed by atoms with van der Waals surface area (Å²) in [6, 6.07) is 2.13. The number of aryl methyl sites for hydroxylation is 1. The first kappa shape index (κ1) is 12.7. The van der Waals surface area contributed by atoms with Crippen LogP contribution in [0.15, 0.2) is 4.52 Å². The van der Waals surface area contributed by atoms with E-state index >= 15 is 0 Å². The van der Waals surface area contributed by atoms with Gasteiger partial charge in [-0.15, -0.1) is 0 Å². The smallest absolute Gasteiger partial charge is 0.226 e. The number of nitriles is 1. The van der Waals surface area contributed by atoms with Crippen LogP contribution in [0.2, 0.25) is 0 Å². The molecule has 0 bridgehead atoms. The van der Waals surface area contributed by atoms with Gasteiger partial charge in [0.2, 0.25) is 5.89 Å². The third-order valence-corrected chi connectivity index (χ3v) is 2.22. The Morgan fingerprint density at radius 3 is 3.06 bits per heavy atom. The van der Waals surface area contributed by atoms with E-state index in [1.54, 1.807) is 7.11 Å². The van der Waals surface area contributed by atoms with Gasteiger partial charge in [0.25, 0.3) is 0 Å². The Hall–Kier alpha value is -1.41. The highest BCUT2D eigenvalue weighted by Crippen LogP contribution is 2.10. The van der Waals surface area contributed by atoms with Crippen LogP contribution in [0.5, 0.6) is 0 Å². The number of hydrogen-bond acceptors (Lipinski definition) is 5. The molecule has 1 unspecified atom stereocenters. The molecule has 5 heteroatoms. The van der Waals surface area contributed by atoms with E-state index in [4.69, 9.17) is 14.5 Å². The second-order valence-corrected chi connectivity index (χ2v) is 3.87. The van der Waals surface area contributed by atoms with Crippen molar-refractivity contribution in [3.63, 3.8) is 0 Å². The van der Waals surface area contributed by atoms with Gasteiger partial charge in [-0.25, -0.2) is 0 Å². The molecule has 1 aromatic rings. The maximum atomic E-state index is 8.53. The molecule has 88 valence electrons. The van der Waals surface area contributed by atoms with Crippen LogP contribution in [0.25, 0.3) is 0 Å². The van der Waals surface area contributed by atoms with Crippen molar-refractivity contribution in [3.8, 4) is 6.07 Å². The fourth-order valence-corrected chi connectivity index (χ4v) is 1.38. The Morgan fingerprint density at radius 2 is 2.38 bits per heavy atom. The molecule has 0 amide bonds. The Balaban J connectivity index is 2.36. The molecule has 1 heterocycles. The Morgan fingerprint density at radius 1 is 1.56 bits per heavy atom. The number of hydrogen-bond donors (Lipinski definition) is 0. The van der Waals surface area contributed by atoms with Crippen molar-refractivity contribution < 1.29 is 9.26 Å². The maximum Gasteiger partial charge on any atom is 0.226 e. The van der Waals surface area contributed by atoms with E-state index < -0.39 is 0 Å². The predicted octanol–water partition coefficient (Wildman–Crippen LogP) is 1.74. The summed E-state index contributed by atoms with van der Waals surface area (Å²) in [5.74, 6) is 1.60. The van der Waals surface area contributed by atoms with Crippen LogP contribution in [0.1, 0.15) is 31.5 Å². The van der Waals surface area contributed by atoms with Gasteiger partial charge in [0.05, 0.1) is 6.07 Å².